The second-order valence-electron chi connectivity index (χ2n) is 4.92. The molecule has 23 heavy (non-hydrogen) atoms. The van der Waals surface area contributed by atoms with Crippen LogP contribution in [0.3, 0.4) is 0 Å². The summed E-state index contributed by atoms with van der Waals surface area (Å²) in [6, 6.07) is 7.85. The van der Waals surface area contributed by atoms with Crippen LogP contribution in [-0.4, -0.2) is 28.0 Å². The molecule has 5 nitrogen and oxygen atoms in total. The van der Waals surface area contributed by atoms with Gasteiger partial charge >= 0.3 is 5.97 Å². The minimum atomic E-state index is -1.13. The fraction of sp³-hybridized carbons (Fsp3) is 0.188. The normalized spacial score (nSPS) is 11.7. The van der Waals surface area contributed by atoms with Gasteiger partial charge in [0, 0.05) is 12.6 Å². The van der Waals surface area contributed by atoms with E-state index in [1.807, 2.05) is 0 Å². The number of carbonyl (C=O) groups excluding carboxylic acids is 1. The van der Waals surface area contributed by atoms with Crippen LogP contribution in [-0.2, 0) is 22.4 Å². The Kier molecular flexibility index (Phi) is 5.81. The molecule has 1 amide bonds. The van der Waals surface area contributed by atoms with Gasteiger partial charge in [0.2, 0.25) is 5.91 Å². The summed E-state index contributed by atoms with van der Waals surface area (Å²) in [5.41, 5.74) is 1.29. The lowest BCUT2D eigenvalue weighted by Crippen LogP contribution is -2.43. The number of carbonyl (C=O) groups is 2. The number of amides is 1. The highest BCUT2D eigenvalue weighted by Gasteiger charge is 2.21. The predicted octanol–water partition coefficient (Wildman–Crippen LogP) is 2.34. The largest absolute Gasteiger partial charge is 0.480 e. The van der Waals surface area contributed by atoms with E-state index in [0.717, 1.165) is 0 Å². The fourth-order valence-corrected chi connectivity index (χ4v) is 2.44. The van der Waals surface area contributed by atoms with Gasteiger partial charge in [-0.1, -0.05) is 18.2 Å². The molecule has 2 N–H and O–H groups in total. The van der Waals surface area contributed by atoms with Crippen molar-refractivity contribution in [2.24, 2.45) is 0 Å². The van der Waals surface area contributed by atoms with Crippen molar-refractivity contribution in [2.75, 3.05) is 0 Å². The van der Waals surface area contributed by atoms with Crippen molar-refractivity contribution in [1.29, 1.82) is 0 Å². The molecule has 2 aromatic rings. The zero-order valence-corrected chi connectivity index (χ0v) is 13.6. The molecule has 1 aromatic heterocycles. The van der Waals surface area contributed by atoms with Crippen molar-refractivity contribution in [3.05, 3.63) is 64.1 Å². The molecule has 2 rings (SSSR count). The molecular weight excluding hydrogens is 367 g/mol. The molecular formula is C16H14BrFN2O3. The van der Waals surface area contributed by atoms with Crippen LogP contribution in [0.25, 0.3) is 0 Å². The zero-order valence-electron chi connectivity index (χ0n) is 12.0. The van der Waals surface area contributed by atoms with E-state index >= 15 is 0 Å². The average molecular weight is 381 g/mol. The molecule has 1 aromatic carbocycles. The highest BCUT2D eigenvalue weighted by atomic mass is 79.9. The maximum Gasteiger partial charge on any atom is 0.326 e. The average Bonchev–Trinajstić information content (AvgIpc) is 2.51. The first-order valence-corrected chi connectivity index (χ1v) is 7.61. The number of hydrogen-bond donors (Lipinski definition) is 2. The number of benzene rings is 1. The lowest BCUT2D eigenvalue weighted by atomic mass is 10.1. The number of hydrogen-bond acceptors (Lipinski definition) is 3. The molecule has 0 unspecified atom stereocenters. The molecule has 120 valence electrons. The zero-order chi connectivity index (χ0) is 16.8. The second kappa shape index (κ2) is 7.82. The summed E-state index contributed by atoms with van der Waals surface area (Å²) in [4.78, 5) is 27.4. The topological polar surface area (TPSA) is 79.3 Å². The summed E-state index contributed by atoms with van der Waals surface area (Å²) >= 11 is 3.25. The molecule has 0 aliphatic heterocycles. The summed E-state index contributed by atoms with van der Waals surface area (Å²) < 4.78 is 13.4. The lowest BCUT2D eigenvalue weighted by molar-refractivity contribution is -0.141. The molecule has 0 fully saturated rings. The Labute approximate surface area is 140 Å². The van der Waals surface area contributed by atoms with Gasteiger partial charge in [0.25, 0.3) is 0 Å². The number of carboxylic acids is 1. The number of nitrogens with one attached hydrogen (secondary N) is 1. The van der Waals surface area contributed by atoms with E-state index in [2.05, 4.69) is 26.2 Å². The van der Waals surface area contributed by atoms with Gasteiger partial charge in [-0.3, -0.25) is 4.79 Å². The van der Waals surface area contributed by atoms with Crippen LogP contribution in [0.15, 0.2) is 47.2 Å². The third-order valence-electron chi connectivity index (χ3n) is 3.17. The number of rotatable bonds is 6. The Morgan fingerprint density at radius 2 is 1.96 bits per heavy atom. The Morgan fingerprint density at radius 3 is 2.57 bits per heavy atom. The van der Waals surface area contributed by atoms with Crippen molar-refractivity contribution >= 4 is 27.8 Å². The Bertz CT molecular complexity index is 707. The van der Waals surface area contributed by atoms with Crippen LogP contribution in [0.1, 0.15) is 11.1 Å². The smallest absolute Gasteiger partial charge is 0.326 e. The van der Waals surface area contributed by atoms with Crippen molar-refractivity contribution in [3.63, 3.8) is 0 Å². The van der Waals surface area contributed by atoms with Gasteiger partial charge in [-0.2, -0.15) is 0 Å². The summed E-state index contributed by atoms with van der Waals surface area (Å²) in [7, 11) is 0. The van der Waals surface area contributed by atoms with Crippen LogP contribution >= 0.6 is 15.9 Å². The maximum atomic E-state index is 12.8. The number of carboxylic acid groups (broad SMARTS) is 1. The third kappa shape index (κ3) is 5.14. The summed E-state index contributed by atoms with van der Waals surface area (Å²) in [5.74, 6) is -1.96. The Morgan fingerprint density at radius 1 is 1.26 bits per heavy atom. The quantitative estimate of drug-likeness (QED) is 0.753. The van der Waals surface area contributed by atoms with Crippen molar-refractivity contribution in [1.82, 2.24) is 10.3 Å². The van der Waals surface area contributed by atoms with Gasteiger partial charge in [-0.25, -0.2) is 14.2 Å². The lowest BCUT2D eigenvalue weighted by Gasteiger charge is -2.15. The second-order valence-corrected chi connectivity index (χ2v) is 5.67. The van der Waals surface area contributed by atoms with E-state index < -0.39 is 17.9 Å². The molecule has 0 spiro atoms. The monoisotopic (exact) mass is 380 g/mol. The van der Waals surface area contributed by atoms with E-state index in [9.17, 15) is 19.1 Å². The van der Waals surface area contributed by atoms with E-state index in [1.165, 1.54) is 24.3 Å². The van der Waals surface area contributed by atoms with E-state index in [4.69, 9.17) is 0 Å². The number of pyridine rings is 1. The standard InChI is InChI=1S/C16H14BrFN2O3/c17-15-11(2-1-7-19-15)9-13(16(22)23)20-14(21)8-10-3-5-12(18)6-4-10/h1-7,13H,8-9H2,(H,20,21)(H,22,23)/t13-/m1/s1. The van der Waals surface area contributed by atoms with Gasteiger partial charge in [0.1, 0.15) is 16.5 Å². The molecule has 1 heterocycles. The van der Waals surface area contributed by atoms with Crippen molar-refractivity contribution in [2.45, 2.75) is 18.9 Å². The minimum absolute atomic E-state index is 0.0156. The first-order chi connectivity index (χ1) is 11.0. The van der Waals surface area contributed by atoms with E-state index in [1.54, 1.807) is 18.3 Å². The molecule has 7 heteroatoms. The first-order valence-electron chi connectivity index (χ1n) is 6.81. The number of halogens is 2. The van der Waals surface area contributed by atoms with Gasteiger partial charge in [-0.05, 0) is 45.3 Å². The van der Waals surface area contributed by atoms with Gasteiger partial charge in [0.05, 0.1) is 6.42 Å². The highest BCUT2D eigenvalue weighted by Crippen LogP contribution is 2.15. The number of aliphatic carboxylic acids is 1. The third-order valence-corrected chi connectivity index (χ3v) is 3.89. The summed E-state index contributed by atoms with van der Waals surface area (Å²) in [6.07, 6.45) is 1.67. The van der Waals surface area contributed by atoms with Crippen LogP contribution in [0.4, 0.5) is 4.39 Å². The molecule has 0 aliphatic carbocycles. The van der Waals surface area contributed by atoms with E-state index in [-0.39, 0.29) is 18.7 Å². The summed E-state index contributed by atoms with van der Waals surface area (Å²) in [6.45, 7) is 0. The number of aromatic nitrogens is 1. The van der Waals surface area contributed by atoms with E-state index in [0.29, 0.717) is 15.7 Å². The molecule has 0 saturated carbocycles. The van der Waals surface area contributed by atoms with Gasteiger partial charge in [0.15, 0.2) is 0 Å². The van der Waals surface area contributed by atoms with Crippen LogP contribution in [0.2, 0.25) is 0 Å². The number of nitrogens with zero attached hydrogens (tertiary/aromatic N) is 1. The molecule has 0 saturated heterocycles. The molecule has 1 atom stereocenters. The fourth-order valence-electron chi connectivity index (χ4n) is 2.02. The molecule has 0 aliphatic rings. The molecule has 0 radical (unpaired) electrons. The van der Waals surface area contributed by atoms with Crippen LogP contribution in [0.5, 0.6) is 0 Å². The van der Waals surface area contributed by atoms with Crippen molar-refractivity contribution < 1.29 is 19.1 Å². The first kappa shape index (κ1) is 17.1. The van der Waals surface area contributed by atoms with Crippen molar-refractivity contribution in [3.8, 4) is 0 Å². The Hall–Kier alpha value is -2.28. The maximum absolute atomic E-state index is 12.8. The van der Waals surface area contributed by atoms with Crippen LogP contribution in [0, 0.1) is 5.82 Å². The van der Waals surface area contributed by atoms with Gasteiger partial charge in [-0.15, -0.1) is 0 Å². The highest BCUT2D eigenvalue weighted by molar-refractivity contribution is 9.10. The summed E-state index contributed by atoms with van der Waals surface area (Å²) in [5, 5.41) is 11.8. The van der Waals surface area contributed by atoms with Gasteiger partial charge < -0.3 is 10.4 Å². The minimum Gasteiger partial charge on any atom is -0.480 e. The molecule has 0 bridgehead atoms. The Balaban J connectivity index is 2.01. The predicted molar refractivity (Wildman–Crippen MR) is 85.3 cm³/mol. The van der Waals surface area contributed by atoms with Crippen LogP contribution < -0.4 is 5.32 Å². The SMILES string of the molecule is O=C(Cc1ccc(F)cc1)N[C@H](Cc1cccnc1Br)C(=O)O.